The standard InChI is InChI=1S/C15H13BrClFO/c1-9-2-3-10(13(17)6-9)7-15(19)12-8-11(16)4-5-14(12)18/h2-6,8,15,19H,7H2,1H3. The summed E-state index contributed by atoms with van der Waals surface area (Å²) in [7, 11) is 0. The SMILES string of the molecule is Cc1ccc(CC(O)c2cc(Br)ccc2F)c(Cl)c1. The number of halogens is 3. The van der Waals surface area contributed by atoms with Gasteiger partial charge in [0.1, 0.15) is 5.82 Å². The van der Waals surface area contributed by atoms with Crippen molar-refractivity contribution in [2.24, 2.45) is 0 Å². The van der Waals surface area contributed by atoms with Crippen LogP contribution >= 0.6 is 27.5 Å². The summed E-state index contributed by atoms with van der Waals surface area (Å²) in [5.41, 5.74) is 2.13. The number of hydrogen-bond donors (Lipinski definition) is 1. The molecule has 0 amide bonds. The molecule has 1 unspecified atom stereocenters. The molecule has 2 aromatic carbocycles. The summed E-state index contributed by atoms with van der Waals surface area (Å²) in [4.78, 5) is 0. The van der Waals surface area contributed by atoms with Crippen molar-refractivity contribution in [3.8, 4) is 0 Å². The van der Waals surface area contributed by atoms with Gasteiger partial charge in [-0.25, -0.2) is 4.39 Å². The van der Waals surface area contributed by atoms with Gasteiger partial charge in [-0.1, -0.05) is 39.7 Å². The second kappa shape index (κ2) is 6.04. The van der Waals surface area contributed by atoms with Gasteiger partial charge in [0.15, 0.2) is 0 Å². The van der Waals surface area contributed by atoms with Gasteiger partial charge in [0.25, 0.3) is 0 Å². The number of benzene rings is 2. The minimum absolute atomic E-state index is 0.269. The summed E-state index contributed by atoms with van der Waals surface area (Å²) in [6.45, 7) is 1.94. The molecule has 0 aliphatic rings. The molecule has 0 saturated carbocycles. The molecule has 1 nitrogen and oxygen atoms in total. The number of rotatable bonds is 3. The summed E-state index contributed by atoms with van der Waals surface area (Å²) < 4.78 is 14.4. The van der Waals surface area contributed by atoms with Crippen LogP contribution in [-0.2, 0) is 6.42 Å². The highest BCUT2D eigenvalue weighted by atomic mass is 79.9. The maximum atomic E-state index is 13.7. The van der Waals surface area contributed by atoms with E-state index in [1.807, 2.05) is 25.1 Å². The monoisotopic (exact) mass is 342 g/mol. The van der Waals surface area contributed by atoms with Crippen LogP contribution in [0.25, 0.3) is 0 Å². The Morgan fingerprint density at radius 3 is 2.68 bits per heavy atom. The van der Waals surface area contributed by atoms with E-state index >= 15 is 0 Å². The second-order valence-corrected chi connectivity index (χ2v) is 5.80. The molecule has 4 heteroatoms. The van der Waals surface area contributed by atoms with Gasteiger partial charge >= 0.3 is 0 Å². The molecular weight excluding hydrogens is 331 g/mol. The van der Waals surface area contributed by atoms with Crippen molar-refractivity contribution in [1.82, 2.24) is 0 Å². The molecule has 0 aromatic heterocycles. The third kappa shape index (κ3) is 3.56. The Morgan fingerprint density at radius 1 is 1.26 bits per heavy atom. The number of hydrogen-bond acceptors (Lipinski definition) is 1. The van der Waals surface area contributed by atoms with Crippen LogP contribution in [0, 0.1) is 12.7 Å². The average Bonchev–Trinajstić information content (AvgIpc) is 2.35. The molecule has 1 N–H and O–H groups in total. The van der Waals surface area contributed by atoms with Gasteiger partial charge in [0.2, 0.25) is 0 Å². The Bertz CT molecular complexity index is 601. The molecule has 0 saturated heterocycles. The average molecular weight is 344 g/mol. The smallest absolute Gasteiger partial charge is 0.129 e. The van der Waals surface area contributed by atoms with Crippen LogP contribution in [-0.4, -0.2) is 5.11 Å². The quantitative estimate of drug-likeness (QED) is 0.846. The molecular formula is C15H13BrClFO. The van der Waals surface area contributed by atoms with Crippen LogP contribution in [0.15, 0.2) is 40.9 Å². The summed E-state index contributed by atoms with van der Waals surface area (Å²) in [6.07, 6.45) is -0.635. The molecule has 0 spiro atoms. The van der Waals surface area contributed by atoms with Crippen molar-refractivity contribution in [1.29, 1.82) is 0 Å². The number of aliphatic hydroxyl groups is 1. The van der Waals surface area contributed by atoms with E-state index in [9.17, 15) is 9.50 Å². The van der Waals surface area contributed by atoms with Crippen molar-refractivity contribution in [2.75, 3.05) is 0 Å². The van der Waals surface area contributed by atoms with Gasteiger partial charge in [0, 0.05) is 21.5 Å². The maximum absolute atomic E-state index is 13.7. The summed E-state index contributed by atoms with van der Waals surface area (Å²) in [6, 6.07) is 10.1. The van der Waals surface area contributed by atoms with E-state index in [1.54, 1.807) is 12.1 Å². The van der Waals surface area contributed by atoms with Gasteiger partial charge in [0.05, 0.1) is 6.10 Å². The first-order chi connectivity index (χ1) is 8.97. The maximum Gasteiger partial charge on any atom is 0.129 e. The van der Waals surface area contributed by atoms with Crippen LogP contribution in [0.1, 0.15) is 22.8 Å². The fraction of sp³-hybridized carbons (Fsp3) is 0.200. The molecule has 19 heavy (non-hydrogen) atoms. The highest BCUT2D eigenvalue weighted by Gasteiger charge is 2.15. The van der Waals surface area contributed by atoms with Crippen LogP contribution in [0.2, 0.25) is 5.02 Å². The Morgan fingerprint density at radius 2 is 2.00 bits per heavy atom. The first-order valence-electron chi connectivity index (χ1n) is 5.85. The molecule has 2 rings (SSSR count). The van der Waals surface area contributed by atoms with E-state index in [4.69, 9.17) is 11.6 Å². The lowest BCUT2D eigenvalue weighted by Crippen LogP contribution is -2.05. The number of aliphatic hydroxyl groups excluding tert-OH is 1. The van der Waals surface area contributed by atoms with Gasteiger partial charge in [-0.15, -0.1) is 0 Å². The second-order valence-electron chi connectivity index (χ2n) is 4.48. The molecule has 0 fully saturated rings. The zero-order chi connectivity index (χ0) is 14.0. The van der Waals surface area contributed by atoms with E-state index in [1.165, 1.54) is 6.07 Å². The van der Waals surface area contributed by atoms with Gasteiger partial charge in [-0.05, 0) is 42.3 Å². The minimum atomic E-state index is -0.919. The van der Waals surface area contributed by atoms with Crippen molar-refractivity contribution in [3.05, 3.63) is 68.4 Å². The van der Waals surface area contributed by atoms with E-state index in [2.05, 4.69) is 15.9 Å². The van der Waals surface area contributed by atoms with Gasteiger partial charge < -0.3 is 5.11 Å². The highest BCUT2D eigenvalue weighted by Crippen LogP contribution is 2.27. The molecule has 2 aromatic rings. The normalized spacial score (nSPS) is 12.5. The lowest BCUT2D eigenvalue weighted by molar-refractivity contribution is 0.173. The Balaban J connectivity index is 2.25. The third-order valence-corrected chi connectivity index (χ3v) is 3.78. The third-order valence-electron chi connectivity index (χ3n) is 2.94. The summed E-state index contributed by atoms with van der Waals surface area (Å²) in [5.74, 6) is -0.418. The van der Waals surface area contributed by atoms with Crippen molar-refractivity contribution in [2.45, 2.75) is 19.4 Å². The molecule has 0 bridgehead atoms. The van der Waals surface area contributed by atoms with Gasteiger partial charge in [-0.2, -0.15) is 0 Å². The van der Waals surface area contributed by atoms with Crippen LogP contribution in [0.4, 0.5) is 4.39 Å². The molecule has 0 radical (unpaired) electrons. The summed E-state index contributed by atoms with van der Waals surface area (Å²) >= 11 is 9.39. The molecule has 100 valence electrons. The largest absolute Gasteiger partial charge is 0.388 e. The van der Waals surface area contributed by atoms with E-state index < -0.39 is 11.9 Å². The van der Waals surface area contributed by atoms with E-state index in [0.717, 1.165) is 15.6 Å². The topological polar surface area (TPSA) is 20.2 Å². The molecule has 0 heterocycles. The zero-order valence-electron chi connectivity index (χ0n) is 10.3. The predicted octanol–water partition coefficient (Wildman–Crippen LogP) is 4.83. The van der Waals surface area contributed by atoms with Crippen molar-refractivity contribution >= 4 is 27.5 Å². The fourth-order valence-electron chi connectivity index (χ4n) is 1.91. The van der Waals surface area contributed by atoms with Crippen LogP contribution in [0.5, 0.6) is 0 Å². The van der Waals surface area contributed by atoms with Gasteiger partial charge in [-0.3, -0.25) is 0 Å². The van der Waals surface area contributed by atoms with E-state index in [0.29, 0.717) is 5.02 Å². The fourth-order valence-corrected chi connectivity index (χ4v) is 2.60. The minimum Gasteiger partial charge on any atom is -0.388 e. The van der Waals surface area contributed by atoms with Crippen molar-refractivity contribution < 1.29 is 9.50 Å². The van der Waals surface area contributed by atoms with Crippen LogP contribution < -0.4 is 0 Å². The molecule has 1 atom stereocenters. The highest BCUT2D eigenvalue weighted by molar-refractivity contribution is 9.10. The summed E-state index contributed by atoms with van der Waals surface area (Å²) in [5, 5.41) is 10.7. The lowest BCUT2D eigenvalue weighted by atomic mass is 10.0. The lowest BCUT2D eigenvalue weighted by Gasteiger charge is -2.14. The van der Waals surface area contributed by atoms with Crippen molar-refractivity contribution in [3.63, 3.8) is 0 Å². The Kier molecular flexibility index (Phi) is 4.61. The Hall–Kier alpha value is -0.900. The molecule has 0 aliphatic heterocycles. The first-order valence-corrected chi connectivity index (χ1v) is 7.02. The first kappa shape index (κ1) is 14.5. The zero-order valence-corrected chi connectivity index (χ0v) is 12.7. The number of aryl methyl sites for hydroxylation is 1. The van der Waals surface area contributed by atoms with Crippen LogP contribution in [0.3, 0.4) is 0 Å². The Labute approximate surface area is 125 Å². The van der Waals surface area contributed by atoms with E-state index in [-0.39, 0.29) is 12.0 Å². The molecule has 0 aliphatic carbocycles. The predicted molar refractivity (Wildman–Crippen MR) is 79.0 cm³/mol.